The number of fused-ring (bicyclic) bond motifs is 1. The maximum Gasteiger partial charge on any atom is 0.311 e. The van der Waals surface area contributed by atoms with Crippen molar-refractivity contribution >= 4 is 29.5 Å². The lowest BCUT2D eigenvalue weighted by Crippen LogP contribution is -2.56. The molecule has 0 aromatic heterocycles. The van der Waals surface area contributed by atoms with E-state index in [1.54, 1.807) is 22.7 Å². The van der Waals surface area contributed by atoms with E-state index < -0.39 is 27.4 Å². The van der Waals surface area contributed by atoms with Gasteiger partial charge in [-0.05, 0) is 51.9 Å². The van der Waals surface area contributed by atoms with E-state index in [0.717, 1.165) is 77.4 Å². The molecule has 0 aromatic rings. The van der Waals surface area contributed by atoms with Crippen molar-refractivity contribution in [2.24, 2.45) is 11.8 Å². The number of aliphatic hydroxyl groups is 1. The van der Waals surface area contributed by atoms with Crippen molar-refractivity contribution in [3.63, 3.8) is 0 Å². The van der Waals surface area contributed by atoms with Gasteiger partial charge < -0.3 is 24.4 Å². The second kappa shape index (κ2) is 15.2. The summed E-state index contributed by atoms with van der Waals surface area (Å²) in [5, 5.41) is 9.20. The summed E-state index contributed by atoms with van der Waals surface area (Å²) in [7, 11) is 0. The number of aliphatic hydroxyl groups excluding tert-OH is 1. The second-order valence-corrected chi connectivity index (χ2v) is 14.3. The lowest BCUT2D eigenvalue weighted by atomic mass is 9.66. The molecule has 2 bridgehead atoms. The molecule has 4 rings (SSSR count). The third kappa shape index (κ3) is 6.92. The first kappa shape index (κ1) is 33.0. The van der Waals surface area contributed by atoms with Crippen LogP contribution < -0.4 is 0 Å². The number of rotatable bonds is 18. The molecule has 2 unspecified atom stereocenters. The highest BCUT2D eigenvalue weighted by Crippen LogP contribution is 2.71. The van der Waals surface area contributed by atoms with Crippen LogP contribution in [0, 0.1) is 11.8 Å². The number of esters is 1. The Morgan fingerprint density at radius 1 is 1.10 bits per heavy atom. The highest BCUT2D eigenvalue weighted by atomic mass is 32.2. The van der Waals surface area contributed by atoms with Gasteiger partial charge in [-0.25, -0.2) is 0 Å². The summed E-state index contributed by atoms with van der Waals surface area (Å²) >= 11 is 1.70. The maximum atomic E-state index is 14.5. The predicted molar refractivity (Wildman–Crippen MR) is 165 cm³/mol. The number of ether oxygens (including phenoxy) is 2. The average Bonchev–Trinajstić information content (AvgIpc) is 3.55. The Labute approximate surface area is 256 Å². The number of thioether (sulfide) groups is 1. The fourth-order valence-electron chi connectivity index (χ4n) is 7.41. The Kier molecular flexibility index (Phi) is 12.0. The van der Waals surface area contributed by atoms with E-state index in [4.69, 9.17) is 9.47 Å². The number of unbranched alkanes of at least 4 members (excludes halogenated alkanes) is 5. The molecule has 0 radical (unpaired) electrons. The number of carbonyl (C=O) groups excluding carboxylic acids is 3. The number of hydrogen-bond donors (Lipinski definition) is 1. The van der Waals surface area contributed by atoms with Gasteiger partial charge in [-0.2, -0.15) is 0 Å². The predicted octanol–water partition coefficient (Wildman–Crippen LogP) is 3.27. The van der Waals surface area contributed by atoms with Gasteiger partial charge in [0.15, 0.2) is 0 Å². The summed E-state index contributed by atoms with van der Waals surface area (Å²) in [5.41, 5.74) is 0. The van der Waals surface area contributed by atoms with Crippen LogP contribution in [0.25, 0.3) is 0 Å². The zero-order valence-electron chi connectivity index (χ0n) is 25.5. The van der Waals surface area contributed by atoms with Crippen molar-refractivity contribution < 1.29 is 29.0 Å². The number of carbonyl (C=O) groups is 3. The van der Waals surface area contributed by atoms with E-state index in [9.17, 15) is 19.5 Å². The van der Waals surface area contributed by atoms with Crippen LogP contribution in [0.3, 0.4) is 0 Å². The van der Waals surface area contributed by atoms with E-state index in [0.29, 0.717) is 39.5 Å². The SMILES string of the molecule is C=CCCCCOC(=O)[C@@H]1[C@H]2C(=O)N(CCCCCCO)C(C(=O)N(CC=C)CCN3CCOCC3)C23CC[C@@]1(C)S3. The first-order valence-electron chi connectivity index (χ1n) is 15.9. The third-order valence-electron chi connectivity index (χ3n) is 9.57. The summed E-state index contributed by atoms with van der Waals surface area (Å²) in [5.74, 6) is -1.52. The molecule has 5 atom stereocenters. The fraction of sp³-hybridized carbons (Fsp3) is 0.781. The van der Waals surface area contributed by atoms with E-state index in [1.165, 1.54) is 0 Å². The first-order chi connectivity index (χ1) is 20.3. The van der Waals surface area contributed by atoms with Gasteiger partial charge in [-0.1, -0.05) is 25.0 Å². The van der Waals surface area contributed by atoms with Crippen molar-refractivity contribution in [1.29, 1.82) is 0 Å². The van der Waals surface area contributed by atoms with E-state index >= 15 is 0 Å². The molecule has 4 aliphatic heterocycles. The van der Waals surface area contributed by atoms with Gasteiger partial charge in [0.25, 0.3) is 0 Å². The molecule has 0 aromatic carbocycles. The zero-order chi connectivity index (χ0) is 30.2. The Balaban J connectivity index is 1.57. The summed E-state index contributed by atoms with van der Waals surface area (Å²) in [6, 6.07) is -0.616. The molecule has 10 heteroatoms. The molecule has 2 amide bonds. The van der Waals surface area contributed by atoms with Crippen LogP contribution in [-0.2, 0) is 23.9 Å². The molecule has 4 heterocycles. The van der Waals surface area contributed by atoms with Gasteiger partial charge in [0, 0.05) is 50.6 Å². The van der Waals surface area contributed by atoms with Crippen LogP contribution in [-0.4, -0.2) is 119 Å². The molecule has 42 heavy (non-hydrogen) atoms. The van der Waals surface area contributed by atoms with E-state index in [-0.39, 0.29) is 24.4 Å². The third-order valence-corrected chi connectivity index (χ3v) is 11.6. The molecule has 1 spiro atoms. The molecule has 4 saturated heterocycles. The normalized spacial score (nSPS) is 30.4. The standard InChI is InChI=1S/C32H51N3O6S/c1-4-6-7-12-22-41-30(39)26-25-28(37)35(16-10-8-9-11-21-36)27(32(25)14-13-31(26,3)42-32)29(38)34(15-5-2)18-17-33-19-23-40-24-20-33/h4-5,25-27,36H,1-2,6-24H2,3H3/t25-,26-,27?,31+,32?/m0/s1. The minimum absolute atomic E-state index is 0.0374. The Hall–Kier alpha value is -1.88. The minimum atomic E-state index is -0.640. The van der Waals surface area contributed by atoms with Crippen LogP contribution in [0.1, 0.15) is 64.7 Å². The molecule has 0 aliphatic carbocycles. The molecular weight excluding hydrogens is 554 g/mol. The van der Waals surface area contributed by atoms with Crippen molar-refractivity contribution in [1.82, 2.24) is 14.7 Å². The fourth-order valence-corrected chi connectivity index (χ4v) is 9.75. The molecule has 1 N–H and O–H groups in total. The maximum absolute atomic E-state index is 14.5. The van der Waals surface area contributed by atoms with Crippen LogP contribution >= 0.6 is 11.8 Å². The lowest BCUT2D eigenvalue weighted by Gasteiger charge is -2.38. The Morgan fingerprint density at radius 3 is 2.57 bits per heavy atom. The van der Waals surface area contributed by atoms with Crippen molar-refractivity contribution in [3.8, 4) is 0 Å². The van der Waals surface area contributed by atoms with Gasteiger partial charge in [0.1, 0.15) is 6.04 Å². The highest BCUT2D eigenvalue weighted by molar-refractivity contribution is 8.02. The number of allylic oxidation sites excluding steroid dienone is 1. The number of morpholine rings is 1. The molecule has 0 saturated carbocycles. The van der Waals surface area contributed by atoms with Gasteiger partial charge in [-0.3, -0.25) is 19.3 Å². The smallest absolute Gasteiger partial charge is 0.311 e. The van der Waals surface area contributed by atoms with Gasteiger partial charge >= 0.3 is 5.97 Å². The summed E-state index contributed by atoms with van der Waals surface area (Å²) in [6.45, 7) is 15.5. The number of nitrogens with zero attached hydrogens (tertiary/aromatic N) is 3. The minimum Gasteiger partial charge on any atom is -0.465 e. The van der Waals surface area contributed by atoms with Crippen molar-refractivity contribution in [2.45, 2.75) is 80.2 Å². The largest absolute Gasteiger partial charge is 0.465 e. The Morgan fingerprint density at radius 2 is 1.86 bits per heavy atom. The first-order valence-corrected chi connectivity index (χ1v) is 16.7. The van der Waals surface area contributed by atoms with Gasteiger partial charge in [-0.15, -0.1) is 24.9 Å². The summed E-state index contributed by atoms with van der Waals surface area (Å²) in [4.78, 5) is 48.4. The second-order valence-electron chi connectivity index (χ2n) is 12.4. The lowest BCUT2D eigenvalue weighted by molar-refractivity contribution is -0.155. The molecule has 9 nitrogen and oxygen atoms in total. The van der Waals surface area contributed by atoms with Crippen LogP contribution in [0.2, 0.25) is 0 Å². The monoisotopic (exact) mass is 605 g/mol. The number of amides is 2. The van der Waals surface area contributed by atoms with E-state index in [2.05, 4.69) is 25.0 Å². The van der Waals surface area contributed by atoms with Gasteiger partial charge in [0.2, 0.25) is 11.8 Å². The van der Waals surface area contributed by atoms with Gasteiger partial charge in [0.05, 0.1) is 36.4 Å². The van der Waals surface area contributed by atoms with Crippen molar-refractivity contribution in [2.75, 3.05) is 65.7 Å². The zero-order valence-corrected chi connectivity index (χ0v) is 26.3. The topological polar surface area (TPSA) is 99.6 Å². The summed E-state index contributed by atoms with van der Waals surface area (Å²) < 4.78 is 10.2. The number of likely N-dealkylation sites (tertiary alicyclic amines) is 1. The molecule has 4 aliphatic rings. The highest BCUT2D eigenvalue weighted by Gasteiger charge is 2.77. The average molecular weight is 606 g/mol. The van der Waals surface area contributed by atoms with Crippen LogP contribution in [0.5, 0.6) is 0 Å². The quantitative estimate of drug-likeness (QED) is 0.144. The van der Waals surface area contributed by atoms with Crippen LogP contribution in [0.15, 0.2) is 25.3 Å². The molecular formula is C32H51N3O6S. The van der Waals surface area contributed by atoms with E-state index in [1.807, 2.05) is 11.0 Å². The number of hydrogen-bond acceptors (Lipinski definition) is 8. The molecule has 236 valence electrons. The Bertz CT molecular complexity index is 974. The van der Waals surface area contributed by atoms with Crippen molar-refractivity contribution in [3.05, 3.63) is 25.3 Å². The molecule has 4 fully saturated rings. The summed E-state index contributed by atoms with van der Waals surface area (Å²) in [6.07, 6.45) is 10.9. The van der Waals surface area contributed by atoms with Crippen LogP contribution in [0.4, 0.5) is 0 Å².